The molecule has 6 nitrogen and oxygen atoms in total. The number of pyridine rings is 1. The highest BCUT2D eigenvalue weighted by atomic mass is 32.1. The van der Waals surface area contributed by atoms with Crippen molar-refractivity contribution in [2.75, 3.05) is 20.8 Å². The summed E-state index contributed by atoms with van der Waals surface area (Å²) in [5.41, 5.74) is 2.89. The summed E-state index contributed by atoms with van der Waals surface area (Å²) < 4.78 is 10.5. The lowest BCUT2D eigenvalue weighted by Crippen LogP contribution is -2.27. The van der Waals surface area contributed by atoms with Crippen LogP contribution in [0.2, 0.25) is 0 Å². The third-order valence-electron chi connectivity index (χ3n) is 4.29. The lowest BCUT2D eigenvalue weighted by molar-refractivity contribution is -0.120. The van der Waals surface area contributed by atoms with Crippen LogP contribution in [0.15, 0.2) is 42.7 Å². The highest BCUT2D eigenvalue weighted by Gasteiger charge is 2.11. The van der Waals surface area contributed by atoms with Crippen LogP contribution in [-0.2, 0) is 17.6 Å². The molecule has 0 unspecified atom stereocenters. The number of carbonyl (C=O) groups excluding carboxylic acids is 1. The van der Waals surface area contributed by atoms with Crippen LogP contribution in [0.1, 0.15) is 16.1 Å². The zero-order chi connectivity index (χ0) is 19.9. The Morgan fingerprint density at radius 3 is 2.71 bits per heavy atom. The molecular formula is C21H23N3O3S. The van der Waals surface area contributed by atoms with Gasteiger partial charge in [-0.05, 0) is 36.8 Å². The first kappa shape index (κ1) is 19.8. The first-order valence-electron chi connectivity index (χ1n) is 8.95. The van der Waals surface area contributed by atoms with Gasteiger partial charge in [-0.1, -0.05) is 6.07 Å². The lowest BCUT2D eigenvalue weighted by Gasteiger charge is -2.10. The van der Waals surface area contributed by atoms with E-state index in [0.29, 0.717) is 24.5 Å². The van der Waals surface area contributed by atoms with Gasteiger partial charge >= 0.3 is 0 Å². The van der Waals surface area contributed by atoms with Gasteiger partial charge in [0.25, 0.3) is 0 Å². The first-order chi connectivity index (χ1) is 13.6. The van der Waals surface area contributed by atoms with Gasteiger partial charge in [-0.15, -0.1) is 11.3 Å². The number of hydrogen-bond donors (Lipinski definition) is 1. The van der Waals surface area contributed by atoms with Crippen LogP contribution in [0, 0.1) is 6.92 Å². The van der Waals surface area contributed by atoms with Crippen molar-refractivity contribution in [3.05, 3.63) is 58.9 Å². The Kier molecular flexibility index (Phi) is 6.60. The second-order valence-electron chi connectivity index (χ2n) is 6.24. The maximum Gasteiger partial charge on any atom is 0.224 e. The number of benzene rings is 1. The van der Waals surface area contributed by atoms with Crippen LogP contribution >= 0.6 is 11.3 Å². The number of carbonyl (C=O) groups is 1. The van der Waals surface area contributed by atoms with Crippen molar-refractivity contribution in [2.45, 2.75) is 19.8 Å². The minimum Gasteiger partial charge on any atom is -0.493 e. The number of amides is 1. The Morgan fingerprint density at radius 1 is 1.18 bits per heavy atom. The number of rotatable bonds is 8. The second kappa shape index (κ2) is 9.32. The van der Waals surface area contributed by atoms with Crippen molar-refractivity contribution in [1.29, 1.82) is 0 Å². The molecule has 0 atom stereocenters. The second-order valence-corrected chi connectivity index (χ2v) is 7.32. The smallest absolute Gasteiger partial charge is 0.224 e. The van der Waals surface area contributed by atoms with E-state index >= 15 is 0 Å². The predicted octanol–water partition coefficient (Wildman–Crippen LogP) is 3.43. The van der Waals surface area contributed by atoms with Crippen molar-refractivity contribution < 1.29 is 14.3 Å². The number of thiazole rings is 1. The maximum absolute atomic E-state index is 12.3. The Morgan fingerprint density at radius 2 is 2.00 bits per heavy atom. The van der Waals surface area contributed by atoms with Gasteiger partial charge in [0.1, 0.15) is 5.01 Å². The molecule has 2 heterocycles. The molecule has 0 aliphatic heterocycles. The van der Waals surface area contributed by atoms with Crippen LogP contribution < -0.4 is 14.8 Å². The quantitative estimate of drug-likeness (QED) is 0.630. The molecule has 28 heavy (non-hydrogen) atoms. The van der Waals surface area contributed by atoms with Crippen molar-refractivity contribution in [2.24, 2.45) is 0 Å². The standard InChI is InChI=1S/C21H23N3O3S/c1-14-19(28-21(24-14)16-5-4-9-22-13-16)8-10-23-20(25)12-15-6-7-17(26-2)18(11-15)27-3/h4-7,9,11,13H,8,10,12H2,1-3H3,(H,23,25). The monoisotopic (exact) mass is 397 g/mol. The van der Waals surface area contributed by atoms with Crippen LogP contribution in [0.25, 0.3) is 10.6 Å². The number of nitrogens with one attached hydrogen (secondary N) is 1. The Hall–Kier alpha value is -2.93. The molecule has 0 aliphatic rings. The summed E-state index contributed by atoms with van der Waals surface area (Å²) in [4.78, 5) is 22.2. The molecule has 3 aromatic rings. The summed E-state index contributed by atoms with van der Waals surface area (Å²) >= 11 is 1.64. The maximum atomic E-state index is 12.3. The Labute approximate surface area is 168 Å². The molecule has 3 rings (SSSR count). The van der Waals surface area contributed by atoms with Crippen LogP contribution in [0.3, 0.4) is 0 Å². The van der Waals surface area contributed by atoms with Gasteiger partial charge < -0.3 is 14.8 Å². The van der Waals surface area contributed by atoms with Gasteiger partial charge in [-0.3, -0.25) is 9.78 Å². The summed E-state index contributed by atoms with van der Waals surface area (Å²) in [6, 6.07) is 9.41. The highest BCUT2D eigenvalue weighted by molar-refractivity contribution is 7.15. The molecule has 0 aliphatic carbocycles. The zero-order valence-electron chi connectivity index (χ0n) is 16.2. The summed E-state index contributed by atoms with van der Waals surface area (Å²) in [5, 5.41) is 3.93. The van der Waals surface area contributed by atoms with Crippen LogP contribution in [-0.4, -0.2) is 36.6 Å². The molecule has 1 aromatic carbocycles. The molecule has 0 saturated heterocycles. The first-order valence-corrected chi connectivity index (χ1v) is 9.76. The predicted molar refractivity (Wildman–Crippen MR) is 110 cm³/mol. The molecule has 0 bridgehead atoms. The molecule has 1 N–H and O–H groups in total. The molecule has 0 saturated carbocycles. The molecule has 0 radical (unpaired) electrons. The van der Waals surface area contributed by atoms with E-state index in [-0.39, 0.29) is 5.91 Å². The lowest BCUT2D eigenvalue weighted by atomic mass is 10.1. The SMILES string of the molecule is COc1ccc(CC(=O)NCCc2sc(-c3cccnc3)nc2C)cc1OC. The number of ether oxygens (including phenoxy) is 2. The molecule has 146 valence electrons. The summed E-state index contributed by atoms with van der Waals surface area (Å²) in [7, 11) is 3.17. The average molecular weight is 398 g/mol. The summed E-state index contributed by atoms with van der Waals surface area (Å²) in [6.45, 7) is 2.57. The third-order valence-corrected chi connectivity index (χ3v) is 5.55. The molecule has 0 spiro atoms. The van der Waals surface area contributed by atoms with Crippen LogP contribution in [0.4, 0.5) is 0 Å². The van der Waals surface area contributed by atoms with E-state index in [1.807, 2.05) is 43.5 Å². The highest BCUT2D eigenvalue weighted by Crippen LogP contribution is 2.28. The van der Waals surface area contributed by atoms with E-state index in [0.717, 1.165) is 28.2 Å². The minimum absolute atomic E-state index is 0.0260. The topological polar surface area (TPSA) is 73.3 Å². The number of methoxy groups -OCH3 is 2. The van der Waals surface area contributed by atoms with Crippen molar-refractivity contribution in [3.8, 4) is 22.1 Å². The van der Waals surface area contributed by atoms with Crippen molar-refractivity contribution >= 4 is 17.2 Å². The number of aromatic nitrogens is 2. The van der Waals surface area contributed by atoms with Gasteiger partial charge in [0, 0.05) is 35.8 Å². The van der Waals surface area contributed by atoms with Gasteiger partial charge in [0.15, 0.2) is 11.5 Å². The molecule has 7 heteroatoms. The zero-order valence-corrected chi connectivity index (χ0v) is 17.0. The van der Waals surface area contributed by atoms with Gasteiger partial charge in [-0.25, -0.2) is 4.98 Å². The molecule has 0 fully saturated rings. The van der Waals surface area contributed by atoms with Gasteiger partial charge in [-0.2, -0.15) is 0 Å². The van der Waals surface area contributed by atoms with E-state index in [1.54, 1.807) is 31.8 Å². The fraction of sp³-hybridized carbons (Fsp3) is 0.286. The molecule has 2 aromatic heterocycles. The number of aryl methyl sites for hydroxylation is 1. The summed E-state index contributed by atoms with van der Waals surface area (Å²) in [6.07, 6.45) is 4.61. The van der Waals surface area contributed by atoms with E-state index in [1.165, 1.54) is 4.88 Å². The van der Waals surface area contributed by atoms with Crippen molar-refractivity contribution in [1.82, 2.24) is 15.3 Å². The van der Waals surface area contributed by atoms with Crippen molar-refractivity contribution in [3.63, 3.8) is 0 Å². The number of hydrogen-bond acceptors (Lipinski definition) is 6. The van der Waals surface area contributed by atoms with E-state index in [9.17, 15) is 4.79 Å². The van der Waals surface area contributed by atoms with Gasteiger partial charge in [0.2, 0.25) is 5.91 Å². The van der Waals surface area contributed by atoms with Crippen LogP contribution in [0.5, 0.6) is 11.5 Å². The summed E-state index contributed by atoms with van der Waals surface area (Å²) in [5.74, 6) is 1.25. The largest absolute Gasteiger partial charge is 0.493 e. The van der Waals surface area contributed by atoms with E-state index in [4.69, 9.17) is 9.47 Å². The fourth-order valence-electron chi connectivity index (χ4n) is 2.83. The number of nitrogens with zero attached hydrogens (tertiary/aromatic N) is 2. The third kappa shape index (κ3) is 4.86. The Balaban J connectivity index is 1.54. The fourth-order valence-corrected chi connectivity index (χ4v) is 3.88. The average Bonchev–Trinajstić information content (AvgIpc) is 3.09. The minimum atomic E-state index is -0.0260. The molecule has 1 amide bonds. The van der Waals surface area contributed by atoms with E-state index in [2.05, 4.69) is 15.3 Å². The Bertz CT molecular complexity index is 941. The molecular weight excluding hydrogens is 374 g/mol. The van der Waals surface area contributed by atoms with Gasteiger partial charge in [0.05, 0.1) is 26.3 Å². The van der Waals surface area contributed by atoms with E-state index < -0.39 is 0 Å². The normalized spacial score (nSPS) is 10.5.